The van der Waals surface area contributed by atoms with Gasteiger partial charge in [-0.15, -0.1) is 0 Å². The molecule has 0 bridgehead atoms. The van der Waals surface area contributed by atoms with Gasteiger partial charge in [0.25, 0.3) is 5.91 Å². The van der Waals surface area contributed by atoms with Crippen LogP contribution in [0, 0.1) is 5.82 Å². The zero-order valence-corrected chi connectivity index (χ0v) is 15.2. The van der Waals surface area contributed by atoms with Gasteiger partial charge in [-0.2, -0.15) is 0 Å². The molecule has 7 heteroatoms. The van der Waals surface area contributed by atoms with Crippen LogP contribution in [0.3, 0.4) is 0 Å². The molecule has 0 unspecified atom stereocenters. The van der Waals surface area contributed by atoms with Gasteiger partial charge in [-0.3, -0.25) is 19.5 Å². The number of benzene rings is 1. The number of hydrogen-bond donors (Lipinski definition) is 1. The molecule has 0 aromatic heterocycles. The summed E-state index contributed by atoms with van der Waals surface area (Å²) in [6.07, 6.45) is 1.59. The molecule has 1 aromatic carbocycles. The zero-order chi connectivity index (χ0) is 19.1. The fourth-order valence-corrected chi connectivity index (χ4v) is 2.76. The summed E-state index contributed by atoms with van der Waals surface area (Å²) in [5.41, 5.74) is 7.06. The van der Waals surface area contributed by atoms with E-state index in [1.54, 1.807) is 17.9 Å². The summed E-state index contributed by atoms with van der Waals surface area (Å²) in [6.45, 7) is 6.60. The average molecular weight is 360 g/mol. The van der Waals surface area contributed by atoms with Gasteiger partial charge >= 0.3 is 0 Å². The number of piperazine rings is 1. The van der Waals surface area contributed by atoms with E-state index in [2.05, 4.69) is 4.99 Å². The summed E-state index contributed by atoms with van der Waals surface area (Å²) in [6, 6.07) is 5.55. The second-order valence-corrected chi connectivity index (χ2v) is 6.25. The Kier molecular flexibility index (Phi) is 7.03. The maximum absolute atomic E-state index is 12.9. The van der Waals surface area contributed by atoms with Crippen LogP contribution < -0.4 is 5.73 Å². The molecular weight excluding hydrogens is 335 g/mol. The van der Waals surface area contributed by atoms with Crippen molar-refractivity contribution in [2.45, 2.75) is 13.8 Å². The number of hydrogen-bond acceptors (Lipinski definition) is 5. The van der Waals surface area contributed by atoms with E-state index in [1.165, 1.54) is 24.3 Å². The Hall–Kier alpha value is -2.54. The minimum absolute atomic E-state index is 0.0558. The SMILES string of the molecule is CCN=C(C=C(C)N)C(=O)N1CCN(CC(=O)c2ccc(F)cc2)CC1. The van der Waals surface area contributed by atoms with Gasteiger partial charge < -0.3 is 10.6 Å². The fraction of sp³-hybridized carbons (Fsp3) is 0.421. The van der Waals surface area contributed by atoms with Crippen LogP contribution in [-0.2, 0) is 4.79 Å². The van der Waals surface area contributed by atoms with Crippen molar-refractivity contribution < 1.29 is 14.0 Å². The molecule has 0 aliphatic carbocycles. The first-order valence-electron chi connectivity index (χ1n) is 8.69. The minimum Gasteiger partial charge on any atom is -0.402 e. The largest absolute Gasteiger partial charge is 0.402 e. The molecule has 1 amide bonds. The van der Waals surface area contributed by atoms with Crippen molar-refractivity contribution in [3.05, 3.63) is 47.4 Å². The summed E-state index contributed by atoms with van der Waals surface area (Å²) in [4.78, 5) is 32.8. The Balaban J connectivity index is 1.91. The van der Waals surface area contributed by atoms with E-state index in [-0.39, 0.29) is 24.1 Å². The Labute approximate surface area is 153 Å². The molecule has 1 aliphatic rings. The van der Waals surface area contributed by atoms with Gasteiger partial charge in [0.2, 0.25) is 0 Å². The number of halogens is 1. The molecule has 1 heterocycles. The van der Waals surface area contributed by atoms with Crippen LogP contribution in [0.15, 0.2) is 41.0 Å². The Morgan fingerprint density at radius 3 is 2.35 bits per heavy atom. The highest BCUT2D eigenvalue weighted by atomic mass is 19.1. The summed E-state index contributed by atoms with van der Waals surface area (Å²) in [5.74, 6) is -0.555. The van der Waals surface area contributed by atoms with Gasteiger partial charge in [-0.05, 0) is 44.2 Å². The molecule has 0 atom stereocenters. The molecule has 1 fully saturated rings. The van der Waals surface area contributed by atoms with Gasteiger partial charge in [0, 0.05) is 44.0 Å². The number of Topliss-reactive ketones (excluding diaryl/α,β-unsaturated/α-hetero) is 1. The Morgan fingerprint density at radius 2 is 1.81 bits per heavy atom. The molecular formula is C19H25FN4O2. The third-order valence-corrected chi connectivity index (χ3v) is 4.10. The molecule has 2 N–H and O–H groups in total. The van der Waals surface area contributed by atoms with Crippen molar-refractivity contribution in [2.75, 3.05) is 39.3 Å². The number of nitrogens with two attached hydrogens (primary N) is 1. The molecule has 0 radical (unpaired) electrons. The van der Waals surface area contributed by atoms with Gasteiger partial charge in [0.15, 0.2) is 5.78 Å². The topological polar surface area (TPSA) is 79.0 Å². The number of allylic oxidation sites excluding steroid dienone is 1. The summed E-state index contributed by atoms with van der Waals surface area (Å²) in [7, 11) is 0. The monoisotopic (exact) mass is 360 g/mol. The van der Waals surface area contributed by atoms with Crippen LogP contribution in [0.25, 0.3) is 0 Å². The average Bonchev–Trinajstić information content (AvgIpc) is 2.61. The molecule has 0 saturated carbocycles. The maximum atomic E-state index is 12.9. The van der Waals surface area contributed by atoms with Crippen molar-refractivity contribution in [3.8, 4) is 0 Å². The van der Waals surface area contributed by atoms with Crippen molar-refractivity contribution >= 4 is 17.4 Å². The molecule has 1 saturated heterocycles. The number of carbonyl (C=O) groups is 2. The van der Waals surface area contributed by atoms with E-state index in [0.29, 0.717) is 49.7 Å². The summed E-state index contributed by atoms with van der Waals surface area (Å²) >= 11 is 0. The van der Waals surface area contributed by atoms with Crippen LogP contribution in [0.4, 0.5) is 4.39 Å². The van der Waals surface area contributed by atoms with Gasteiger partial charge in [-0.1, -0.05) is 0 Å². The lowest BCUT2D eigenvalue weighted by Crippen LogP contribution is -2.51. The number of amides is 1. The summed E-state index contributed by atoms with van der Waals surface area (Å²) < 4.78 is 12.9. The predicted molar refractivity (Wildman–Crippen MR) is 99.7 cm³/mol. The smallest absolute Gasteiger partial charge is 0.272 e. The van der Waals surface area contributed by atoms with Crippen molar-refractivity contribution in [2.24, 2.45) is 10.7 Å². The zero-order valence-electron chi connectivity index (χ0n) is 15.2. The number of ketones is 1. The van der Waals surface area contributed by atoms with E-state index in [4.69, 9.17) is 5.73 Å². The molecule has 2 rings (SSSR count). The molecule has 1 aliphatic heterocycles. The van der Waals surface area contributed by atoms with E-state index in [1.807, 2.05) is 11.8 Å². The number of carbonyl (C=O) groups excluding carboxylic acids is 2. The third kappa shape index (κ3) is 5.49. The predicted octanol–water partition coefficient (Wildman–Crippen LogP) is 1.48. The van der Waals surface area contributed by atoms with Crippen LogP contribution in [-0.4, -0.2) is 66.5 Å². The standard InChI is InChI=1S/C19H25FN4O2/c1-3-22-17(12-14(2)21)19(26)24-10-8-23(9-11-24)13-18(25)15-4-6-16(20)7-5-15/h4-7,12H,3,8-11,13,21H2,1-2H3. The highest BCUT2D eigenvalue weighted by Gasteiger charge is 2.24. The molecule has 0 spiro atoms. The quantitative estimate of drug-likeness (QED) is 0.616. The highest BCUT2D eigenvalue weighted by Crippen LogP contribution is 2.08. The maximum Gasteiger partial charge on any atom is 0.272 e. The van der Waals surface area contributed by atoms with Crippen LogP contribution in [0.2, 0.25) is 0 Å². The van der Waals surface area contributed by atoms with Gasteiger partial charge in [0.05, 0.1) is 6.54 Å². The van der Waals surface area contributed by atoms with E-state index in [9.17, 15) is 14.0 Å². The number of aliphatic imine (C=N–C) groups is 1. The van der Waals surface area contributed by atoms with E-state index < -0.39 is 0 Å². The van der Waals surface area contributed by atoms with Gasteiger partial charge in [0.1, 0.15) is 11.5 Å². The third-order valence-electron chi connectivity index (χ3n) is 4.10. The van der Waals surface area contributed by atoms with E-state index >= 15 is 0 Å². The van der Waals surface area contributed by atoms with Crippen LogP contribution in [0.1, 0.15) is 24.2 Å². The van der Waals surface area contributed by atoms with Gasteiger partial charge in [-0.25, -0.2) is 4.39 Å². The first-order chi connectivity index (χ1) is 12.4. The van der Waals surface area contributed by atoms with Crippen molar-refractivity contribution in [3.63, 3.8) is 0 Å². The summed E-state index contributed by atoms with van der Waals surface area (Å²) in [5, 5.41) is 0. The fourth-order valence-electron chi connectivity index (χ4n) is 2.76. The van der Waals surface area contributed by atoms with Crippen LogP contribution in [0.5, 0.6) is 0 Å². The molecule has 6 nitrogen and oxygen atoms in total. The molecule has 1 aromatic rings. The Morgan fingerprint density at radius 1 is 1.19 bits per heavy atom. The number of nitrogens with zero attached hydrogens (tertiary/aromatic N) is 3. The van der Waals surface area contributed by atoms with Crippen molar-refractivity contribution in [1.29, 1.82) is 0 Å². The first-order valence-corrected chi connectivity index (χ1v) is 8.69. The Bertz CT molecular complexity index is 701. The van der Waals surface area contributed by atoms with Crippen molar-refractivity contribution in [1.82, 2.24) is 9.80 Å². The molecule has 140 valence electrons. The minimum atomic E-state index is -0.361. The normalized spacial score (nSPS) is 16.7. The van der Waals surface area contributed by atoms with Crippen LogP contribution >= 0.6 is 0 Å². The lowest BCUT2D eigenvalue weighted by atomic mass is 10.1. The van der Waals surface area contributed by atoms with E-state index in [0.717, 1.165) is 0 Å². The first kappa shape index (κ1) is 19.8. The number of rotatable bonds is 6. The lowest BCUT2D eigenvalue weighted by molar-refractivity contribution is -0.125. The highest BCUT2D eigenvalue weighted by molar-refractivity contribution is 6.43. The second-order valence-electron chi connectivity index (χ2n) is 6.25. The lowest BCUT2D eigenvalue weighted by Gasteiger charge is -2.34. The second kappa shape index (κ2) is 9.24. The molecule has 26 heavy (non-hydrogen) atoms.